The Labute approximate surface area is 64.0 Å². The molecule has 0 aromatic carbocycles. The van der Waals surface area contributed by atoms with Crippen LogP contribution in [-0.4, -0.2) is 5.54 Å². The molecule has 0 spiro atoms. The van der Waals surface area contributed by atoms with Gasteiger partial charge in [0.25, 0.3) is 0 Å². The highest BCUT2D eigenvalue weighted by Gasteiger charge is 2.43. The lowest BCUT2D eigenvalue weighted by Crippen LogP contribution is -2.31. The van der Waals surface area contributed by atoms with E-state index in [1.54, 1.807) is 0 Å². The van der Waals surface area contributed by atoms with Crippen molar-refractivity contribution >= 4 is 0 Å². The van der Waals surface area contributed by atoms with Gasteiger partial charge in [0, 0.05) is 5.54 Å². The predicted molar refractivity (Wildman–Crippen MR) is 44.8 cm³/mol. The zero-order valence-corrected chi connectivity index (χ0v) is 7.19. The van der Waals surface area contributed by atoms with Gasteiger partial charge in [0.2, 0.25) is 0 Å². The molecule has 60 valence electrons. The van der Waals surface area contributed by atoms with Gasteiger partial charge in [-0.25, -0.2) is 0 Å². The Kier molecular flexibility index (Phi) is 2.35. The molecule has 0 saturated heterocycles. The molecule has 1 aliphatic carbocycles. The van der Waals surface area contributed by atoms with Crippen LogP contribution in [0.2, 0.25) is 0 Å². The summed E-state index contributed by atoms with van der Waals surface area (Å²) in [5.74, 6) is 0.803. The van der Waals surface area contributed by atoms with Crippen molar-refractivity contribution in [2.24, 2.45) is 11.7 Å². The van der Waals surface area contributed by atoms with Crippen LogP contribution >= 0.6 is 0 Å². The SMILES string of the molecule is CCC[C@@H](CC)C1(N)CC1. The van der Waals surface area contributed by atoms with E-state index in [1.807, 2.05) is 0 Å². The summed E-state index contributed by atoms with van der Waals surface area (Å²) in [6, 6.07) is 0. The van der Waals surface area contributed by atoms with Crippen molar-refractivity contribution in [1.29, 1.82) is 0 Å². The molecule has 0 unspecified atom stereocenters. The smallest absolute Gasteiger partial charge is 0.0184 e. The third-order valence-corrected chi connectivity index (χ3v) is 2.77. The van der Waals surface area contributed by atoms with Crippen LogP contribution in [0.5, 0.6) is 0 Å². The number of hydrogen-bond donors (Lipinski definition) is 1. The molecule has 0 heterocycles. The van der Waals surface area contributed by atoms with Crippen LogP contribution in [-0.2, 0) is 0 Å². The molecule has 1 aliphatic rings. The van der Waals surface area contributed by atoms with Gasteiger partial charge in [0.1, 0.15) is 0 Å². The van der Waals surface area contributed by atoms with E-state index in [0.29, 0.717) is 0 Å². The third-order valence-electron chi connectivity index (χ3n) is 2.77. The third kappa shape index (κ3) is 1.51. The normalized spacial score (nSPS) is 24.3. The monoisotopic (exact) mass is 141 g/mol. The highest BCUT2D eigenvalue weighted by atomic mass is 14.8. The molecule has 10 heavy (non-hydrogen) atoms. The van der Waals surface area contributed by atoms with Crippen LogP contribution in [0.4, 0.5) is 0 Å². The standard InChI is InChI=1S/C9H19N/c1-3-5-8(4-2)9(10)6-7-9/h8H,3-7,10H2,1-2H3/t8-/m1/s1. The summed E-state index contributed by atoms with van der Waals surface area (Å²) < 4.78 is 0. The van der Waals surface area contributed by atoms with E-state index in [0.717, 1.165) is 5.92 Å². The topological polar surface area (TPSA) is 26.0 Å². The number of rotatable bonds is 4. The lowest BCUT2D eigenvalue weighted by Gasteiger charge is -2.20. The molecule has 0 amide bonds. The maximum Gasteiger partial charge on any atom is 0.0184 e. The van der Waals surface area contributed by atoms with Crippen LogP contribution in [0.15, 0.2) is 0 Å². The van der Waals surface area contributed by atoms with Crippen molar-refractivity contribution in [3.63, 3.8) is 0 Å². The summed E-state index contributed by atoms with van der Waals surface area (Å²) >= 11 is 0. The van der Waals surface area contributed by atoms with Crippen LogP contribution < -0.4 is 5.73 Å². The van der Waals surface area contributed by atoms with Gasteiger partial charge in [-0.1, -0.05) is 26.7 Å². The first-order valence-electron chi connectivity index (χ1n) is 4.52. The molecule has 0 radical (unpaired) electrons. The van der Waals surface area contributed by atoms with Crippen LogP contribution in [0.1, 0.15) is 46.0 Å². The van der Waals surface area contributed by atoms with Crippen molar-refractivity contribution in [2.75, 3.05) is 0 Å². The van der Waals surface area contributed by atoms with Crippen LogP contribution in [0, 0.1) is 5.92 Å². The van der Waals surface area contributed by atoms with Gasteiger partial charge in [-0.2, -0.15) is 0 Å². The Morgan fingerprint density at radius 2 is 2.00 bits per heavy atom. The molecule has 0 aromatic heterocycles. The van der Waals surface area contributed by atoms with Crippen molar-refractivity contribution < 1.29 is 0 Å². The van der Waals surface area contributed by atoms with Gasteiger partial charge in [0.05, 0.1) is 0 Å². The molecule has 2 N–H and O–H groups in total. The predicted octanol–water partition coefficient (Wildman–Crippen LogP) is 2.30. The van der Waals surface area contributed by atoms with Gasteiger partial charge in [0.15, 0.2) is 0 Å². The fourth-order valence-electron chi connectivity index (χ4n) is 1.80. The van der Waals surface area contributed by atoms with Gasteiger partial charge >= 0.3 is 0 Å². The summed E-state index contributed by atoms with van der Waals surface area (Å²) in [6.07, 6.45) is 6.42. The molecular formula is C9H19N. The minimum Gasteiger partial charge on any atom is -0.325 e. The molecular weight excluding hydrogens is 122 g/mol. The maximum atomic E-state index is 6.09. The highest BCUT2D eigenvalue weighted by molar-refractivity contribution is 5.03. The Balaban J connectivity index is 2.33. The molecule has 1 heteroatoms. The molecule has 0 bridgehead atoms. The average molecular weight is 141 g/mol. The molecule has 1 fully saturated rings. The first kappa shape index (κ1) is 8.06. The number of nitrogens with two attached hydrogens (primary N) is 1. The highest BCUT2D eigenvalue weighted by Crippen LogP contribution is 2.43. The molecule has 1 nitrogen and oxygen atoms in total. The van der Waals surface area contributed by atoms with E-state index in [4.69, 9.17) is 5.73 Å². The molecule has 0 aromatic rings. The van der Waals surface area contributed by atoms with Crippen molar-refractivity contribution in [3.05, 3.63) is 0 Å². The van der Waals surface area contributed by atoms with Crippen molar-refractivity contribution in [3.8, 4) is 0 Å². The second-order valence-corrected chi connectivity index (χ2v) is 3.63. The van der Waals surface area contributed by atoms with Crippen LogP contribution in [0.25, 0.3) is 0 Å². The molecule has 1 atom stereocenters. The quantitative estimate of drug-likeness (QED) is 0.638. The minimum absolute atomic E-state index is 0.269. The molecule has 1 saturated carbocycles. The summed E-state index contributed by atoms with van der Waals surface area (Å²) in [5, 5.41) is 0. The zero-order chi connectivity index (χ0) is 7.61. The second-order valence-electron chi connectivity index (χ2n) is 3.63. The summed E-state index contributed by atoms with van der Waals surface area (Å²) in [5.41, 5.74) is 6.36. The Morgan fingerprint density at radius 1 is 1.40 bits per heavy atom. The molecule has 0 aliphatic heterocycles. The first-order valence-corrected chi connectivity index (χ1v) is 4.52. The van der Waals surface area contributed by atoms with Crippen molar-refractivity contribution in [1.82, 2.24) is 0 Å². The van der Waals surface area contributed by atoms with Crippen LogP contribution in [0.3, 0.4) is 0 Å². The van der Waals surface area contributed by atoms with Gasteiger partial charge < -0.3 is 5.73 Å². The van der Waals surface area contributed by atoms with E-state index in [2.05, 4.69) is 13.8 Å². The summed E-state index contributed by atoms with van der Waals surface area (Å²) in [6.45, 7) is 4.50. The minimum atomic E-state index is 0.269. The second kappa shape index (κ2) is 2.91. The first-order chi connectivity index (χ1) is 4.73. The zero-order valence-electron chi connectivity index (χ0n) is 7.19. The van der Waals surface area contributed by atoms with Gasteiger partial charge in [-0.15, -0.1) is 0 Å². The average Bonchev–Trinajstić information content (AvgIpc) is 2.64. The lowest BCUT2D eigenvalue weighted by molar-refractivity contribution is 0.362. The summed E-state index contributed by atoms with van der Waals surface area (Å²) in [7, 11) is 0. The number of hydrogen-bond acceptors (Lipinski definition) is 1. The van der Waals surface area contributed by atoms with E-state index >= 15 is 0 Å². The summed E-state index contributed by atoms with van der Waals surface area (Å²) in [4.78, 5) is 0. The Bertz CT molecular complexity index is 105. The van der Waals surface area contributed by atoms with E-state index in [9.17, 15) is 0 Å². The van der Waals surface area contributed by atoms with E-state index < -0.39 is 0 Å². The fraction of sp³-hybridized carbons (Fsp3) is 1.00. The van der Waals surface area contributed by atoms with Gasteiger partial charge in [-0.3, -0.25) is 0 Å². The van der Waals surface area contributed by atoms with Gasteiger partial charge in [-0.05, 0) is 25.2 Å². The lowest BCUT2D eigenvalue weighted by atomic mass is 9.91. The molecule has 1 rings (SSSR count). The van der Waals surface area contributed by atoms with Crippen molar-refractivity contribution in [2.45, 2.75) is 51.5 Å². The van der Waals surface area contributed by atoms with E-state index in [1.165, 1.54) is 32.1 Å². The van der Waals surface area contributed by atoms with E-state index in [-0.39, 0.29) is 5.54 Å². The largest absolute Gasteiger partial charge is 0.325 e. The maximum absolute atomic E-state index is 6.09. The Morgan fingerprint density at radius 3 is 2.30 bits per heavy atom. The Hall–Kier alpha value is -0.0400. The fourth-order valence-corrected chi connectivity index (χ4v) is 1.80.